The molecule has 1 aliphatic heterocycles. The number of benzene rings is 1. The maximum atomic E-state index is 5.80. The second-order valence-electron chi connectivity index (χ2n) is 5.96. The zero-order valence-electron chi connectivity index (χ0n) is 12.5. The molecule has 0 amide bonds. The second kappa shape index (κ2) is 6.40. The summed E-state index contributed by atoms with van der Waals surface area (Å²) in [6.07, 6.45) is 1.17. The van der Waals surface area contributed by atoms with Crippen LogP contribution in [0.1, 0.15) is 31.9 Å². The molecule has 3 atom stereocenters. The molecule has 0 aromatic heterocycles. The van der Waals surface area contributed by atoms with Crippen molar-refractivity contribution in [2.75, 3.05) is 27.2 Å². The van der Waals surface area contributed by atoms with Gasteiger partial charge in [-0.1, -0.05) is 25.1 Å². The van der Waals surface area contributed by atoms with Crippen LogP contribution in [0.4, 0.5) is 0 Å². The largest absolute Gasteiger partial charge is 0.493 e. The smallest absolute Gasteiger partial charge is 0.124 e. The van der Waals surface area contributed by atoms with Crippen molar-refractivity contribution in [1.82, 2.24) is 10.2 Å². The number of hydrogen-bond donors (Lipinski definition) is 1. The Hall–Kier alpha value is -1.06. The average Bonchev–Trinajstić information content (AvgIpc) is 2.40. The summed E-state index contributed by atoms with van der Waals surface area (Å²) in [4.78, 5) is 2.24. The van der Waals surface area contributed by atoms with Gasteiger partial charge in [0.15, 0.2) is 0 Å². The van der Waals surface area contributed by atoms with Gasteiger partial charge in [0.25, 0.3) is 0 Å². The summed E-state index contributed by atoms with van der Waals surface area (Å²) in [5.41, 5.74) is 1.30. The summed E-state index contributed by atoms with van der Waals surface area (Å²) in [6, 6.07) is 9.31. The van der Waals surface area contributed by atoms with Gasteiger partial charge in [-0.15, -0.1) is 0 Å². The summed E-state index contributed by atoms with van der Waals surface area (Å²) in [6.45, 7) is 6.45. The first-order valence-corrected chi connectivity index (χ1v) is 7.20. The zero-order chi connectivity index (χ0) is 13.8. The molecular weight excluding hydrogens is 236 g/mol. The lowest BCUT2D eigenvalue weighted by Crippen LogP contribution is -2.39. The van der Waals surface area contributed by atoms with E-state index in [9.17, 15) is 0 Å². The number of rotatable bonds is 5. The molecule has 3 nitrogen and oxygen atoms in total. The van der Waals surface area contributed by atoms with Crippen LogP contribution in [0.3, 0.4) is 0 Å². The van der Waals surface area contributed by atoms with Crippen molar-refractivity contribution in [3.63, 3.8) is 0 Å². The summed E-state index contributed by atoms with van der Waals surface area (Å²) in [7, 11) is 4.25. The van der Waals surface area contributed by atoms with E-state index in [1.54, 1.807) is 0 Å². The second-order valence-corrected chi connectivity index (χ2v) is 5.96. The summed E-state index contributed by atoms with van der Waals surface area (Å²) in [5.74, 6) is 1.55. The maximum absolute atomic E-state index is 5.80. The van der Waals surface area contributed by atoms with Crippen molar-refractivity contribution in [2.45, 2.75) is 32.4 Å². The monoisotopic (exact) mass is 262 g/mol. The minimum Gasteiger partial charge on any atom is -0.493 e. The predicted molar refractivity (Wildman–Crippen MR) is 79.6 cm³/mol. The fraction of sp³-hybridized carbons (Fsp3) is 0.625. The summed E-state index contributed by atoms with van der Waals surface area (Å²) < 4.78 is 5.80. The lowest BCUT2D eigenvalue weighted by atomic mass is 9.91. The molecule has 0 fully saturated rings. The Morgan fingerprint density at radius 2 is 2.11 bits per heavy atom. The molecule has 0 saturated carbocycles. The first-order valence-electron chi connectivity index (χ1n) is 7.20. The molecule has 19 heavy (non-hydrogen) atoms. The van der Waals surface area contributed by atoms with E-state index in [2.05, 4.69) is 56.4 Å². The van der Waals surface area contributed by atoms with Crippen LogP contribution in [-0.4, -0.2) is 38.2 Å². The third-order valence-electron chi connectivity index (χ3n) is 3.80. The molecule has 1 aromatic carbocycles. The van der Waals surface area contributed by atoms with Crippen LogP contribution in [0.2, 0.25) is 0 Å². The van der Waals surface area contributed by atoms with Gasteiger partial charge < -0.3 is 15.0 Å². The molecule has 1 aliphatic rings. The molecule has 0 spiro atoms. The number of ether oxygens (including phenoxy) is 1. The Labute approximate surface area is 116 Å². The molecular formula is C16H26N2O. The number of nitrogens with one attached hydrogen (secondary N) is 1. The molecule has 0 bridgehead atoms. The van der Waals surface area contributed by atoms with Crippen LogP contribution < -0.4 is 10.1 Å². The van der Waals surface area contributed by atoms with Gasteiger partial charge in [0.2, 0.25) is 0 Å². The first kappa shape index (κ1) is 14.4. The van der Waals surface area contributed by atoms with E-state index in [1.807, 2.05) is 6.07 Å². The van der Waals surface area contributed by atoms with Gasteiger partial charge in [-0.25, -0.2) is 0 Å². The van der Waals surface area contributed by atoms with Gasteiger partial charge in [-0.05, 0) is 40.1 Å². The number of nitrogens with zero attached hydrogens (tertiary/aromatic N) is 1. The number of hydrogen-bond acceptors (Lipinski definition) is 3. The molecule has 0 aliphatic carbocycles. The highest BCUT2D eigenvalue weighted by atomic mass is 16.5. The lowest BCUT2D eigenvalue weighted by molar-refractivity contribution is 0.179. The SMILES string of the molecule is CC(CCN(C)C)NC1c2ccccc2OCC1C. The van der Waals surface area contributed by atoms with Crippen LogP contribution >= 0.6 is 0 Å². The van der Waals surface area contributed by atoms with Gasteiger partial charge in [0.1, 0.15) is 5.75 Å². The predicted octanol–water partition coefficient (Wildman–Crippen LogP) is 2.69. The van der Waals surface area contributed by atoms with Gasteiger partial charge in [0.05, 0.1) is 6.61 Å². The lowest BCUT2D eigenvalue weighted by Gasteiger charge is -2.34. The average molecular weight is 262 g/mol. The minimum atomic E-state index is 0.405. The molecule has 1 aromatic rings. The molecule has 0 saturated heterocycles. The normalized spacial score (nSPS) is 23.8. The first-order chi connectivity index (χ1) is 9.08. The third kappa shape index (κ3) is 3.71. The van der Waals surface area contributed by atoms with E-state index in [0.717, 1.165) is 18.9 Å². The van der Waals surface area contributed by atoms with E-state index in [1.165, 1.54) is 12.0 Å². The van der Waals surface area contributed by atoms with Crippen molar-refractivity contribution in [3.05, 3.63) is 29.8 Å². The van der Waals surface area contributed by atoms with Gasteiger partial charge in [-0.2, -0.15) is 0 Å². The van der Waals surface area contributed by atoms with Gasteiger partial charge in [-0.3, -0.25) is 0 Å². The Morgan fingerprint density at radius 3 is 2.84 bits per heavy atom. The van der Waals surface area contributed by atoms with Crippen LogP contribution in [0.15, 0.2) is 24.3 Å². The molecule has 3 unspecified atom stereocenters. The van der Waals surface area contributed by atoms with E-state index >= 15 is 0 Å². The highest BCUT2D eigenvalue weighted by Crippen LogP contribution is 2.35. The molecule has 106 valence electrons. The quantitative estimate of drug-likeness (QED) is 0.883. The Kier molecular flexibility index (Phi) is 4.83. The number of para-hydroxylation sites is 1. The van der Waals surface area contributed by atoms with E-state index in [-0.39, 0.29) is 0 Å². The summed E-state index contributed by atoms with van der Waals surface area (Å²) in [5, 5.41) is 3.77. The molecule has 2 rings (SSSR count). The van der Waals surface area contributed by atoms with Crippen molar-refractivity contribution in [1.29, 1.82) is 0 Å². The van der Waals surface area contributed by atoms with E-state index < -0.39 is 0 Å². The van der Waals surface area contributed by atoms with Crippen LogP contribution in [-0.2, 0) is 0 Å². The van der Waals surface area contributed by atoms with Gasteiger partial charge >= 0.3 is 0 Å². The molecule has 3 heteroatoms. The fourth-order valence-electron chi connectivity index (χ4n) is 2.59. The molecule has 0 radical (unpaired) electrons. The van der Waals surface area contributed by atoms with Crippen molar-refractivity contribution in [3.8, 4) is 5.75 Å². The highest BCUT2D eigenvalue weighted by Gasteiger charge is 2.28. The van der Waals surface area contributed by atoms with Crippen LogP contribution in [0.5, 0.6) is 5.75 Å². The standard InChI is InChI=1S/C16H26N2O/c1-12-11-19-15-8-6-5-7-14(15)16(12)17-13(2)9-10-18(3)4/h5-8,12-13,16-17H,9-11H2,1-4H3. The van der Waals surface area contributed by atoms with Crippen molar-refractivity contribution < 1.29 is 4.74 Å². The maximum Gasteiger partial charge on any atom is 0.124 e. The fourth-order valence-corrected chi connectivity index (χ4v) is 2.59. The highest BCUT2D eigenvalue weighted by molar-refractivity contribution is 5.38. The number of fused-ring (bicyclic) bond motifs is 1. The Balaban J connectivity index is 2.02. The van der Waals surface area contributed by atoms with Crippen molar-refractivity contribution >= 4 is 0 Å². The molecule has 1 N–H and O–H groups in total. The zero-order valence-corrected chi connectivity index (χ0v) is 12.5. The topological polar surface area (TPSA) is 24.5 Å². The van der Waals surface area contributed by atoms with Crippen LogP contribution in [0.25, 0.3) is 0 Å². The van der Waals surface area contributed by atoms with E-state index in [4.69, 9.17) is 4.74 Å². The third-order valence-corrected chi connectivity index (χ3v) is 3.80. The minimum absolute atomic E-state index is 0.405. The van der Waals surface area contributed by atoms with E-state index in [0.29, 0.717) is 18.0 Å². The Bertz CT molecular complexity index is 405. The summed E-state index contributed by atoms with van der Waals surface area (Å²) >= 11 is 0. The van der Waals surface area contributed by atoms with Crippen molar-refractivity contribution in [2.24, 2.45) is 5.92 Å². The van der Waals surface area contributed by atoms with Crippen LogP contribution in [0, 0.1) is 5.92 Å². The van der Waals surface area contributed by atoms with Gasteiger partial charge in [0, 0.05) is 23.6 Å². The molecule has 1 heterocycles. The Morgan fingerprint density at radius 1 is 1.37 bits per heavy atom.